The van der Waals surface area contributed by atoms with Crippen LogP contribution in [-0.4, -0.2) is 44.4 Å². The van der Waals surface area contributed by atoms with Crippen molar-refractivity contribution in [3.05, 3.63) is 115 Å². The zero-order valence-electron chi connectivity index (χ0n) is 19.9. The highest BCUT2D eigenvalue weighted by atomic mass is 35.5. The Labute approximate surface area is 217 Å². The molecule has 0 fully saturated rings. The van der Waals surface area contributed by atoms with Gasteiger partial charge in [-0.05, 0) is 42.8 Å². The van der Waals surface area contributed by atoms with Crippen LogP contribution in [0.3, 0.4) is 0 Å². The predicted octanol–water partition coefficient (Wildman–Crippen LogP) is 5.13. The quantitative estimate of drug-likeness (QED) is 0.187. The van der Waals surface area contributed by atoms with E-state index in [9.17, 15) is 24.5 Å². The monoisotopic (exact) mass is 518 g/mol. The Hall–Kier alpha value is -4.50. The molecule has 0 spiro atoms. The van der Waals surface area contributed by atoms with E-state index >= 15 is 0 Å². The summed E-state index contributed by atoms with van der Waals surface area (Å²) in [4.78, 5) is 52.0. The van der Waals surface area contributed by atoms with Crippen LogP contribution in [0.2, 0.25) is 5.02 Å². The van der Waals surface area contributed by atoms with Gasteiger partial charge in [0.15, 0.2) is 5.78 Å². The maximum absolute atomic E-state index is 13.6. The summed E-state index contributed by atoms with van der Waals surface area (Å²) in [7, 11) is 0. The lowest BCUT2D eigenvalue weighted by Gasteiger charge is -2.21. The van der Waals surface area contributed by atoms with Gasteiger partial charge in [0.1, 0.15) is 5.56 Å². The Morgan fingerprint density at radius 3 is 2.24 bits per heavy atom. The molecular weight excluding hydrogens is 496 g/mol. The van der Waals surface area contributed by atoms with Crippen LogP contribution in [0.5, 0.6) is 0 Å². The Morgan fingerprint density at radius 2 is 1.65 bits per heavy atom. The van der Waals surface area contributed by atoms with Crippen molar-refractivity contribution in [2.45, 2.75) is 13.3 Å². The first-order chi connectivity index (χ1) is 17.8. The van der Waals surface area contributed by atoms with E-state index in [0.29, 0.717) is 28.4 Å². The second-order valence-corrected chi connectivity index (χ2v) is 8.74. The number of Topliss-reactive ketones (excluding diaryl/α,β-unsaturated/α-hetero) is 1. The summed E-state index contributed by atoms with van der Waals surface area (Å²) >= 11 is 5.99. The van der Waals surface area contributed by atoms with Crippen LogP contribution in [0, 0.1) is 10.1 Å². The molecular formula is C27H23ClN4O5. The number of aromatic amines is 1. The second kappa shape index (κ2) is 11.0. The number of nitrogens with zero attached hydrogens (tertiary/aromatic N) is 3. The third-order valence-electron chi connectivity index (χ3n) is 5.76. The van der Waals surface area contributed by atoms with Gasteiger partial charge < -0.3 is 4.90 Å². The number of hydrogen-bond acceptors (Lipinski definition) is 5. The SMILES string of the molecule is CCCN(CC(=O)c1c(-c2ccccc2)[nH]n(-c2ccc(Cl)cc2)c1=O)C(=O)c1ccc([N+](=O)[O-])cc1. The number of halogens is 1. The molecule has 4 aromatic rings. The van der Waals surface area contributed by atoms with Gasteiger partial charge in [0, 0.05) is 34.8 Å². The fourth-order valence-electron chi connectivity index (χ4n) is 3.96. The number of non-ortho nitro benzene ring substituents is 1. The summed E-state index contributed by atoms with van der Waals surface area (Å²) in [6.45, 7) is 1.79. The Morgan fingerprint density at radius 1 is 1.00 bits per heavy atom. The lowest BCUT2D eigenvalue weighted by atomic mass is 10.0. The molecule has 0 saturated heterocycles. The molecule has 37 heavy (non-hydrogen) atoms. The summed E-state index contributed by atoms with van der Waals surface area (Å²) in [5.41, 5.74) is 0.923. The van der Waals surface area contributed by atoms with Crippen molar-refractivity contribution >= 4 is 29.0 Å². The van der Waals surface area contributed by atoms with Crippen molar-refractivity contribution < 1.29 is 14.5 Å². The number of aromatic nitrogens is 2. The third kappa shape index (κ3) is 5.52. The van der Waals surface area contributed by atoms with Gasteiger partial charge >= 0.3 is 0 Å². The molecule has 0 radical (unpaired) electrons. The van der Waals surface area contributed by atoms with Gasteiger partial charge in [-0.2, -0.15) is 0 Å². The lowest BCUT2D eigenvalue weighted by molar-refractivity contribution is -0.384. The van der Waals surface area contributed by atoms with E-state index in [0.717, 1.165) is 0 Å². The van der Waals surface area contributed by atoms with Crippen molar-refractivity contribution in [3.63, 3.8) is 0 Å². The molecule has 0 aliphatic heterocycles. The first kappa shape index (κ1) is 25.6. The molecule has 0 atom stereocenters. The van der Waals surface area contributed by atoms with Gasteiger partial charge in [0.2, 0.25) is 0 Å². The van der Waals surface area contributed by atoms with Crippen LogP contribution in [0.4, 0.5) is 5.69 Å². The number of nitro benzene ring substituents is 1. The molecule has 10 heteroatoms. The maximum Gasteiger partial charge on any atom is 0.282 e. The highest BCUT2D eigenvalue weighted by Gasteiger charge is 2.27. The van der Waals surface area contributed by atoms with E-state index in [-0.39, 0.29) is 29.9 Å². The number of ketones is 1. The second-order valence-electron chi connectivity index (χ2n) is 8.30. The van der Waals surface area contributed by atoms with Crippen LogP contribution in [0.15, 0.2) is 83.7 Å². The van der Waals surface area contributed by atoms with Crippen molar-refractivity contribution in [2.24, 2.45) is 0 Å². The average Bonchev–Trinajstić information content (AvgIpc) is 3.26. The Bertz CT molecular complexity index is 1490. The number of nitro groups is 1. The Balaban J connectivity index is 1.72. The molecule has 1 N–H and O–H groups in total. The van der Waals surface area contributed by atoms with Gasteiger partial charge in [-0.25, -0.2) is 4.68 Å². The van der Waals surface area contributed by atoms with Crippen LogP contribution < -0.4 is 5.56 Å². The molecule has 1 aromatic heterocycles. The molecule has 9 nitrogen and oxygen atoms in total. The van der Waals surface area contributed by atoms with E-state index in [1.807, 2.05) is 13.0 Å². The molecule has 0 aliphatic rings. The van der Waals surface area contributed by atoms with Gasteiger partial charge in [-0.1, -0.05) is 48.9 Å². The van der Waals surface area contributed by atoms with Gasteiger partial charge in [-0.15, -0.1) is 0 Å². The largest absolute Gasteiger partial charge is 0.331 e. The summed E-state index contributed by atoms with van der Waals surface area (Å²) in [6, 6.07) is 20.7. The number of amides is 1. The van der Waals surface area contributed by atoms with E-state index < -0.39 is 22.2 Å². The van der Waals surface area contributed by atoms with Gasteiger partial charge in [-0.3, -0.25) is 29.6 Å². The number of hydrogen-bond donors (Lipinski definition) is 1. The average molecular weight is 519 g/mol. The highest BCUT2D eigenvalue weighted by molar-refractivity contribution is 6.30. The van der Waals surface area contributed by atoms with E-state index in [1.165, 1.54) is 33.8 Å². The number of rotatable bonds is 9. The molecule has 188 valence electrons. The van der Waals surface area contributed by atoms with Gasteiger partial charge in [0.25, 0.3) is 17.2 Å². The normalized spacial score (nSPS) is 10.8. The van der Waals surface area contributed by atoms with E-state index in [4.69, 9.17) is 11.6 Å². The third-order valence-corrected chi connectivity index (χ3v) is 6.01. The number of benzene rings is 3. The van der Waals surface area contributed by atoms with Gasteiger partial charge in [0.05, 0.1) is 22.8 Å². The summed E-state index contributed by atoms with van der Waals surface area (Å²) in [5, 5.41) is 14.5. The fourth-order valence-corrected chi connectivity index (χ4v) is 4.09. The first-order valence-electron chi connectivity index (χ1n) is 11.5. The lowest BCUT2D eigenvalue weighted by Crippen LogP contribution is -2.37. The molecule has 1 amide bonds. The van der Waals surface area contributed by atoms with E-state index in [2.05, 4.69) is 5.10 Å². The predicted molar refractivity (Wildman–Crippen MR) is 140 cm³/mol. The minimum absolute atomic E-state index is 0.0706. The molecule has 0 bridgehead atoms. The zero-order chi connectivity index (χ0) is 26.5. The molecule has 0 saturated carbocycles. The van der Waals surface area contributed by atoms with Crippen molar-refractivity contribution in [2.75, 3.05) is 13.1 Å². The topological polar surface area (TPSA) is 118 Å². The minimum Gasteiger partial charge on any atom is -0.331 e. The number of H-pyrrole nitrogens is 1. The van der Waals surface area contributed by atoms with Crippen LogP contribution >= 0.6 is 11.6 Å². The summed E-state index contributed by atoms with van der Waals surface area (Å²) in [6.07, 6.45) is 0.569. The molecule has 4 rings (SSSR count). The summed E-state index contributed by atoms with van der Waals surface area (Å²) < 4.78 is 1.27. The van der Waals surface area contributed by atoms with Crippen LogP contribution in [0.25, 0.3) is 16.9 Å². The first-order valence-corrected chi connectivity index (χ1v) is 11.9. The number of carbonyl (C=O) groups is 2. The summed E-state index contributed by atoms with van der Waals surface area (Å²) in [5.74, 6) is -0.989. The standard InChI is InChI=1S/C27H23ClN4O5/c1-2-16-30(26(34)19-8-12-22(13-9-19)32(36)37)17-23(33)24-25(18-6-4-3-5-7-18)29-31(27(24)35)21-14-10-20(28)11-15-21/h3-15,29H,2,16-17H2,1H3. The number of carbonyl (C=O) groups excluding carboxylic acids is 2. The smallest absolute Gasteiger partial charge is 0.282 e. The maximum atomic E-state index is 13.6. The molecule has 0 unspecified atom stereocenters. The fraction of sp³-hybridized carbons (Fsp3) is 0.148. The zero-order valence-corrected chi connectivity index (χ0v) is 20.6. The van der Waals surface area contributed by atoms with Crippen molar-refractivity contribution in [1.82, 2.24) is 14.7 Å². The van der Waals surface area contributed by atoms with Crippen LogP contribution in [-0.2, 0) is 0 Å². The molecule has 3 aromatic carbocycles. The minimum atomic E-state index is -0.551. The highest BCUT2D eigenvalue weighted by Crippen LogP contribution is 2.22. The van der Waals surface area contributed by atoms with Crippen molar-refractivity contribution in [1.29, 1.82) is 0 Å². The van der Waals surface area contributed by atoms with E-state index in [1.54, 1.807) is 48.5 Å². The van der Waals surface area contributed by atoms with Crippen molar-refractivity contribution in [3.8, 4) is 16.9 Å². The van der Waals surface area contributed by atoms with Crippen LogP contribution in [0.1, 0.15) is 34.1 Å². The number of nitrogens with one attached hydrogen (secondary N) is 1. The molecule has 0 aliphatic carbocycles. The Kier molecular flexibility index (Phi) is 7.64. The molecule has 1 heterocycles.